The first-order chi connectivity index (χ1) is 9.28. The molecule has 0 saturated carbocycles. The van der Waals surface area contributed by atoms with Crippen LogP contribution in [0.2, 0.25) is 0 Å². The van der Waals surface area contributed by atoms with Crippen molar-refractivity contribution < 1.29 is 13.7 Å². The Morgan fingerprint density at radius 2 is 2.10 bits per heavy atom. The summed E-state index contributed by atoms with van der Waals surface area (Å²) >= 11 is 1.76. The van der Waals surface area contributed by atoms with E-state index in [0.717, 1.165) is 24.0 Å². The average Bonchev–Trinajstić information content (AvgIpc) is 2.31. The van der Waals surface area contributed by atoms with Crippen LogP contribution in [0, 0.1) is 27.2 Å². The van der Waals surface area contributed by atoms with E-state index in [4.69, 9.17) is 0 Å². The maximum Gasteiger partial charge on any atom is 0.307 e. The van der Waals surface area contributed by atoms with Crippen molar-refractivity contribution in [3.63, 3.8) is 0 Å². The third kappa shape index (κ3) is 3.39. The van der Waals surface area contributed by atoms with E-state index in [2.05, 4.69) is 19.2 Å². The Morgan fingerprint density at radius 1 is 1.40 bits per heavy atom. The fourth-order valence-corrected chi connectivity index (χ4v) is 3.64. The Kier molecular flexibility index (Phi) is 4.17. The van der Waals surface area contributed by atoms with Crippen molar-refractivity contribution >= 4 is 23.1 Å². The highest BCUT2D eigenvalue weighted by Crippen LogP contribution is 2.35. The molecule has 1 aliphatic rings. The molecular formula is C13H16F2N2O2S. The number of thioether (sulfide) groups is 1. The van der Waals surface area contributed by atoms with Crippen molar-refractivity contribution in [3.05, 3.63) is 33.9 Å². The Hall–Kier alpha value is -1.37. The van der Waals surface area contributed by atoms with Crippen LogP contribution in [0.5, 0.6) is 0 Å². The lowest BCUT2D eigenvalue weighted by Crippen LogP contribution is -2.35. The number of benzene rings is 1. The number of rotatable bonds is 3. The molecule has 1 atom stereocenters. The van der Waals surface area contributed by atoms with E-state index in [-0.39, 0.29) is 17.1 Å². The lowest BCUT2D eigenvalue weighted by atomic mass is 9.88. The van der Waals surface area contributed by atoms with Crippen LogP contribution in [0.4, 0.5) is 20.2 Å². The fourth-order valence-electron chi connectivity index (χ4n) is 2.36. The zero-order chi connectivity index (χ0) is 14.9. The SMILES string of the molecule is CC1(C)CSCC(Nc2cc([N+](=O)[O-])c(F)cc2F)C1. The molecule has 1 heterocycles. The summed E-state index contributed by atoms with van der Waals surface area (Å²) in [6.07, 6.45) is 0.838. The van der Waals surface area contributed by atoms with Crippen LogP contribution in [-0.4, -0.2) is 22.5 Å². The van der Waals surface area contributed by atoms with Gasteiger partial charge in [0.1, 0.15) is 5.82 Å². The van der Waals surface area contributed by atoms with E-state index in [1.165, 1.54) is 0 Å². The monoisotopic (exact) mass is 302 g/mol. The number of hydrogen-bond donors (Lipinski definition) is 1. The van der Waals surface area contributed by atoms with Crippen LogP contribution >= 0.6 is 11.8 Å². The molecule has 0 bridgehead atoms. The molecule has 0 spiro atoms. The molecule has 20 heavy (non-hydrogen) atoms. The largest absolute Gasteiger partial charge is 0.379 e. The smallest absolute Gasteiger partial charge is 0.307 e. The molecule has 0 aliphatic carbocycles. The second-order valence-electron chi connectivity index (χ2n) is 5.77. The minimum Gasteiger partial charge on any atom is -0.379 e. The molecule has 0 radical (unpaired) electrons. The predicted octanol–water partition coefficient (Wildman–Crippen LogP) is 3.82. The molecule has 4 nitrogen and oxygen atoms in total. The maximum atomic E-state index is 13.7. The quantitative estimate of drug-likeness (QED) is 0.681. The highest BCUT2D eigenvalue weighted by Gasteiger charge is 2.29. The molecule has 110 valence electrons. The van der Waals surface area contributed by atoms with E-state index in [0.29, 0.717) is 6.07 Å². The predicted molar refractivity (Wildman–Crippen MR) is 76.1 cm³/mol. The number of nitro groups is 1. The van der Waals surface area contributed by atoms with Gasteiger partial charge in [-0.2, -0.15) is 16.2 Å². The standard InChI is InChI=1S/C13H16F2N2O2S/c1-13(2)5-8(6-20-7-13)16-11-4-12(17(18)19)10(15)3-9(11)14/h3-4,8,16H,5-7H2,1-2H3. The zero-order valence-corrected chi connectivity index (χ0v) is 12.1. The minimum atomic E-state index is -1.16. The molecule has 2 rings (SSSR count). The molecule has 1 aliphatic heterocycles. The van der Waals surface area contributed by atoms with Crippen molar-refractivity contribution in [2.75, 3.05) is 16.8 Å². The van der Waals surface area contributed by atoms with Gasteiger partial charge >= 0.3 is 5.69 Å². The van der Waals surface area contributed by atoms with Crippen molar-refractivity contribution in [3.8, 4) is 0 Å². The number of halogens is 2. The van der Waals surface area contributed by atoms with E-state index in [1.807, 2.05) is 0 Å². The molecule has 0 amide bonds. The van der Waals surface area contributed by atoms with Gasteiger partial charge in [0, 0.05) is 23.9 Å². The lowest BCUT2D eigenvalue weighted by Gasteiger charge is -2.35. The van der Waals surface area contributed by atoms with Gasteiger partial charge in [-0.25, -0.2) is 4.39 Å². The van der Waals surface area contributed by atoms with Gasteiger partial charge in [0.2, 0.25) is 5.82 Å². The highest BCUT2D eigenvalue weighted by atomic mass is 32.2. The molecule has 1 unspecified atom stereocenters. The summed E-state index contributed by atoms with van der Waals surface area (Å²) in [6.45, 7) is 4.24. The molecule has 1 saturated heterocycles. The van der Waals surface area contributed by atoms with Crippen molar-refractivity contribution in [2.45, 2.75) is 26.3 Å². The Labute approximate surface area is 120 Å². The van der Waals surface area contributed by atoms with Gasteiger partial charge in [0.25, 0.3) is 0 Å². The second-order valence-corrected chi connectivity index (χ2v) is 6.80. The minimum absolute atomic E-state index is 0.0126. The van der Waals surface area contributed by atoms with Gasteiger partial charge in [-0.3, -0.25) is 10.1 Å². The third-order valence-corrected chi connectivity index (χ3v) is 4.83. The summed E-state index contributed by atoms with van der Waals surface area (Å²) in [6, 6.07) is 1.50. The van der Waals surface area contributed by atoms with Crippen LogP contribution in [0.25, 0.3) is 0 Å². The van der Waals surface area contributed by atoms with Gasteiger partial charge in [0.05, 0.1) is 10.6 Å². The first kappa shape index (κ1) is 15.0. The number of anilines is 1. The van der Waals surface area contributed by atoms with Gasteiger partial charge in [-0.15, -0.1) is 0 Å². The van der Waals surface area contributed by atoms with Crippen LogP contribution in [0.1, 0.15) is 20.3 Å². The lowest BCUT2D eigenvalue weighted by molar-refractivity contribution is -0.387. The molecular weight excluding hydrogens is 286 g/mol. The third-order valence-electron chi connectivity index (χ3n) is 3.20. The van der Waals surface area contributed by atoms with Crippen molar-refractivity contribution in [1.29, 1.82) is 0 Å². The summed E-state index contributed by atoms with van der Waals surface area (Å²) in [5.41, 5.74) is -0.596. The number of nitrogens with zero attached hydrogens (tertiary/aromatic N) is 1. The fraction of sp³-hybridized carbons (Fsp3) is 0.538. The zero-order valence-electron chi connectivity index (χ0n) is 11.3. The molecule has 7 heteroatoms. The van der Waals surface area contributed by atoms with Crippen LogP contribution in [-0.2, 0) is 0 Å². The first-order valence-corrected chi connectivity index (χ1v) is 7.42. The molecule has 1 N–H and O–H groups in total. The number of nitrogens with one attached hydrogen (secondary N) is 1. The Bertz CT molecular complexity index is 537. The van der Waals surface area contributed by atoms with Crippen LogP contribution in [0.15, 0.2) is 12.1 Å². The van der Waals surface area contributed by atoms with E-state index < -0.39 is 22.2 Å². The summed E-state index contributed by atoms with van der Waals surface area (Å²) < 4.78 is 27.0. The van der Waals surface area contributed by atoms with Gasteiger partial charge in [-0.1, -0.05) is 13.8 Å². The van der Waals surface area contributed by atoms with Crippen LogP contribution < -0.4 is 5.32 Å². The summed E-state index contributed by atoms with van der Waals surface area (Å²) in [5.74, 6) is -0.136. The van der Waals surface area contributed by atoms with E-state index >= 15 is 0 Å². The summed E-state index contributed by atoms with van der Waals surface area (Å²) in [4.78, 5) is 9.84. The van der Waals surface area contributed by atoms with Gasteiger partial charge < -0.3 is 5.32 Å². The second kappa shape index (κ2) is 5.55. The topological polar surface area (TPSA) is 55.2 Å². The normalized spacial score (nSPS) is 21.5. The average molecular weight is 302 g/mol. The number of hydrogen-bond acceptors (Lipinski definition) is 4. The maximum absolute atomic E-state index is 13.7. The van der Waals surface area contributed by atoms with Crippen molar-refractivity contribution in [1.82, 2.24) is 0 Å². The van der Waals surface area contributed by atoms with Crippen LogP contribution in [0.3, 0.4) is 0 Å². The summed E-state index contributed by atoms with van der Waals surface area (Å²) in [7, 11) is 0. The Balaban J connectivity index is 2.21. The highest BCUT2D eigenvalue weighted by molar-refractivity contribution is 7.99. The molecule has 1 aromatic carbocycles. The Morgan fingerprint density at radius 3 is 2.70 bits per heavy atom. The van der Waals surface area contributed by atoms with E-state index in [9.17, 15) is 18.9 Å². The molecule has 1 fully saturated rings. The summed E-state index contributed by atoms with van der Waals surface area (Å²) in [5, 5.41) is 13.7. The molecule has 1 aromatic rings. The van der Waals surface area contributed by atoms with Gasteiger partial charge in [0.15, 0.2) is 0 Å². The molecule has 0 aromatic heterocycles. The first-order valence-electron chi connectivity index (χ1n) is 6.26. The number of nitro benzene ring substituents is 1. The van der Waals surface area contributed by atoms with Gasteiger partial charge in [-0.05, 0) is 17.6 Å². The van der Waals surface area contributed by atoms with Crippen molar-refractivity contribution in [2.24, 2.45) is 5.41 Å². The van der Waals surface area contributed by atoms with E-state index in [1.54, 1.807) is 11.8 Å².